The number of hydrogen-bond acceptors (Lipinski definition) is 3. The molecule has 0 amide bonds. The Bertz CT molecular complexity index is 876. The summed E-state index contributed by atoms with van der Waals surface area (Å²) in [5.41, 5.74) is 0.415. The molecule has 1 aliphatic carbocycles. The van der Waals surface area contributed by atoms with E-state index < -0.39 is 5.79 Å². The summed E-state index contributed by atoms with van der Waals surface area (Å²) in [6, 6.07) is 0. The molecule has 1 saturated carbocycles. The van der Waals surface area contributed by atoms with Crippen molar-refractivity contribution in [3.8, 4) is 0 Å². The minimum atomic E-state index is -0.906. The van der Waals surface area contributed by atoms with Crippen molar-refractivity contribution < 1.29 is 9.84 Å². The molecule has 2 rings (SSSR count). The topological polar surface area (TPSA) is 32.7 Å². The summed E-state index contributed by atoms with van der Waals surface area (Å²) in [5.74, 6) is -0.414. The van der Waals surface area contributed by atoms with E-state index in [2.05, 4.69) is 81.3 Å². The van der Waals surface area contributed by atoms with Gasteiger partial charge in [0.25, 0.3) is 0 Å². The van der Waals surface area contributed by atoms with E-state index in [0.29, 0.717) is 11.3 Å². The van der Waals surface area contributed by atoms with Crippen LogP contribution in [0.25, 0.3) is 0 Å². The molecule has 302 valence electrons. The van der Waals surface area contributed by atoms with E-state index in [9.17, 15) is 5.11 Å². The monoisotopic (exact) mass is 724 g/mol. The van der Waals surface area contributed by atoms with Crippen LogP contribution in [-0.4, -0.2) is 42.0 Å². The second-order valence-electron chi connectivity index (χ2n) is 17.3. The number of aliphatic hydroxyl groups is 1. The lowest BCUT2D eigenvalue weighted by Crippen LogP contribution is -2.48. The van der Waals surface area contributed by atoms with Crippen molar-refractivity contribution in [1.82, 2.24) is 4.90 Å². The molecule has 0 bridgehead atoms. The number of likely N-dealkylation sites (tertiary alicyclic amines) is 1. The summed E-state index contributed by atoms with van der Waals surface area (Å²) in [7, 11) is 2.21. The van der Waals surface area contributed by atoms with Gasteiger partial charge in [0.05, 0.1) is 6.10 Å². The Morgan fingerprint density at radius 3 is 1.38 bits per heavy atom. The summed E-state index contributed by atoms with van der Waals surface area (Å²) in [4.78, 5) is 2.40. The van der Waals surface area contributed by atoms with Gasteiger partial charge in [-0.3, -0.25) is 0 Å². The molecule has 3 nitrogen and oxygen atoms in total. The maximum Gasteiger partial charge on any atom is 0.165 e. The largest absolute Gasteiger partial charge is 0.365 e. The predicted molar refractivity (Wildman–Crippen MR) is 230 cm³/mol. The highest BCUT2D eigenvalue weighted by atomic mass is 16.6. The van der Waals surface area contributed by atoms with E-state index in [4.69, 9.17) is 4.74 Å². The standard InChI is InChI=1S/C49H89NO2/c1-5-7-9-11-13-15-17-19-21-23-25-27-29-31-33-35-38-48(40-42-49(51,43-41-48)52-47-37-44-50(4)45-46(47)3)39-36-34-32-30-28-26-24-22-20-18-16-14-12-10-8-6-2/h13-16,19-22,46-47,51H,5-12,17-18,23-45H2,1-4H3. The zero-order chi connectivity index (χ0) is 37.4. The minimum absolute atomic E-state index is 0.203. The van der Waals surface area contributed by atoms with Crippen LogP contribution in [0.3, 0.4) is 0 Å². The highest BCUT2D eigenvalue weighted by molar-refractivity contribution is 4.94. The number of nitrogens with zero attached hydrogens (tertiary/aromatic N) is 1. The Morgan fingerprint density at radius 2 is 0.962 bits per heavy atom. The van der Waals surface area contributed by atoms with Crippen LogP contribution in [0.5, 0.6) is 0 Å². The minimum Gasteiger partial charge on any atom is -0.365 e. The molecule has 1 N–H and O–H groups in total. The highest BCUT2D eigenvalue weighted by Crippen LogP contribution is 2.49. The van der Waals surface area contributed by atoms with Crippen molar-refractivity contribution in [2.45, 2.75) is 232 Å². The second-order valence-corrected chi connectivity index (χ2v) is 17.3. The molecule has 0 aromatic heterocycles. The van der Waals surface area contributed by atoms with Crippen molar-refractivity contribution in [2.24, 2.45) is 11.3 Å². The normalized spacial score (nSPS) is 24.8. The summed E-state index contributed by atoms with van der Waals surface area (Å²) in [6.45, 7) is 9.00. The van der Waals surface area contributed by atoms with Crippen LogP contribution in [0.4, 0.5) is 0 Å². The van der Waals surface area contributed by atoms with Crippen molar-refractivity contribution >= 4 is 0 Å². The van der Waals surface area contributed by atoms with E-state index in [-0.39, 0.29) is 6.10 Å². The number of piperidine rings is 1. The van der Waals surface area contributed by atoms with Crippen LogP contribution in [-0.2, 0) is 4.74 Å². The third kappa shape index (κ3) is 23.6. The summed E-state index contributed by atoms with van der Waals surface area (Å²) in [6.07, 6.45) is 58.4. The van der Waals surface area contributed by atoms with Gasteiger partial charge in [-0.05, 0) is 115 Å². The van der Waals surface area contributed by atoms with Gasteiger partial charge in [-0.15, -0.1) is 0 Å². The molecular formula is C49H89NO2. The van der Waals surface area contributed by atoms with Crippen molar-refractivity contribution in [3.05, 3.63) is 48.6 Å². The van der Waals surface area contributed by atoms with Gasteiger partial charge in [0.15, 0.2) is 5.79 Å². The van der Waals surface area contributed by atoms with Crippen LogP contribution >= 0.6 is 0 Å². The van der Waals surface area contributed by atoms with Gasteiger partial charge in [0.1, 0.15) is 0 Å². The maximum atomic E-state index is 11.6. The Kier molecular flexibility index (Phi) is 28.1. The molecule has 1 saturated heterocycles. The number of hydrogen-bond donors (Lipinski definition) is 1. The first kappa shape index (κ1) is 47.0. The molecule has 2 atom stereocenters. The fourth-order valence-corrected chi connectivity index (χ4v) is 8.68. The highest BCUT2D eigenvalue weighted by Gasteiger charge is 2.44. The van der Waals surface area contributed by atoms with Crippen LogP contribution in [0.1, 0.15) is 220 Å². The SMILES string of the molecule is CCCCCC=CCC=CCCCCCCCCC1(CCCCCCCCC=CCC=CCCCCC)CCC(O)(OC2CCN(C)CC2C)CC1. The molecule has 0 aromatic carbocycles. The molecule has 1 aliphatic heterocycles. The smallest absolute Gasteiger partial charge is 0.165 e. The fourth-order valence-electron chi connectivity index (χ4n) is 8.68. The van der Waals surface area contributed by atoms with Crippen molar-refractivity contribution in [1.29, 1.82) is 0 Å². The van der Waals surface area contributed by atoms with Gasteiger partial charge in [-0.1, -0.05) is 159 Å². The summed E-state index contributed by atoms with van der Waals surface area (Å²) >= 11 is 0. The lowest BCUT2D eigenvalue weighted by atomic mass is 9.66. The Hall–Kier alpha value is -1.16. The first-order valence-corrected chi connectivity index (χ1v) is 23.1. The number of unbranched alkanes of at least 4 members (excludes halogenated alkanes) is 18. The maximum absolute atomic E-state index is 11.6. The number of rotatable bonds is 32. The Balaban J connectivity index is 1.65. The average Bonchev–Trinajstić information content (AvgIpc) is 3.14. The van der Waals surface area contributed by atoms with Crippen LogP contribution in [0.15, 0.2) is 48.6 Å². The lowest BCUT2D eigenvalue weighted by molar-refractivity contribution is -0.268. The van der Waals surface area contributed by atoms with E-state index >= 15 is 0 Å². The quantitative estimate of drug-likeness (QED) is 0.0426. The van der Waals surface area contributed by atoms with Gasteiger partial charge >= 0.3 is 0 Å². The fraction of sp³-hybridized carbons (Fsp3) is 0.837. The molecule has 2 aliphatic rings. The molecule has 1 heterocycles. The zero-order valence-corrected chi connectivity index (χ0v) is 35.4. The van der Waals surface area contributed by atoms with E-state index in [1.54, 1.807) is 0 Å². The van der Waals surface area contributed by atoms with Crippen LogP contribution in [0, 0.1) is 11.3 Å². The summed E-state index contributed by atoms with van der Waals surface area (Å²) < 4.78 is 6.56. The van der Waals surface area contributed by atoms with E-state index in [1.165, 1.54) is 154 Å². The number of allylic oxidation sites excluding steroid dienone is 8. The first-order valence-electron chi connectivity index (χ1n) is 23.1. The Morgan fingerprint density at radius 1 is 0.558 bits per heavy atom. The molecule has 2 unspecified atom stereocenters. The first-order chi connectivity index (χ1) is 25.4. The predicted octanol–water partition coefficient (Wildman–Crippen LogP) is 15.0. The molecule has 2 fully saturated rings. The van der Waals surface area contributed by atoms with Crippen molar-refractivity contribution in [2.75, 3.05) is 20.1 Å². The molecule has 0 aromatic rings. The van der Waals surface area contributed by atoms with Crippen molar-refractivity contribution in [3.63, 3.8) is 0 Å². The van der Waals surface area contributed by atoms with Gasteiger partial charge in [-0.25, -0.2) is 0 Å². The molecule has 52 heavy (non-hydrogen) atoms. The molecular weight excluding hydrogens is 635 g/mol. The Labute approximate surface area is 325 Å². The van der Waals surface area contributed by atoms with E-state index in [0.717, 1.165) is 58.0 Å². The average molecular weight is 724 g/mol. The van der Waals surface area contributed by atoms with Crippen LogP contribution in [0.2, 0.25) is 0 Å². The zero-order valence-electron chi connectivity index (χ0n) is 35.4. The molecule has 0 radical (unpaired) electrons. The lowest BCUT2D eigenvalue weighted by Gasteiger charge is -2.47. The van der Waals surface area contributed by atoms with Gasteiger partial charge in [0, 0.05) is 25.9 Å². The summed E-state index contributed by atoms with van der Waals surface area (Å²) in [5, 5.41) is 11.6. The molecule has 0 spiro atoms. The second kappa shape index (κ2) is 31.1. The van der Waals surface area contributed by atoms with Crippen LogP contribution < -0.4 is 0 Å². The van der Waals surface area contributed by atoms with Gasteiger partial charge in [-0.2, -0.15) is 0 Å². The van der Waals surface area contributed by atoms with Gasteiger partial charge in [0.2, 0.25) is 0 Å². The third-order valence-corrected chi connectivity index (χ3v) is 12.3. The number of ether oxygens (including phenoxy) is 1. The van der Waals surface area contributed by atoms with E-state index in [1.807, 2.05) is 0 Å². The third-order valence-electron chi connectivity index (χ3n) is 12.3. The molecule has 3 heteroatoms. The van der Waals surface area contributed by atoms with Gasteiger partial charge < -0.3 is 14.7 Å².